The number of ether oxygens (including phenoxy) is 1. The molecule has 2 saturated heterocycles. The molecule has 1 N–H and O–H groups in total. The molecule has 2 atom stereocenters. The van der Waals surface area contributed by atoms with Crippen molar-refractivity contribution in [3.05, 3.63) is 11.9 Å². The Morgan fingerprint density at radius 2 is 2.40 bits per heavy atom. The molecule has 3 heterocycles. The Balaban J connectivity index is 1.40. The summed E-state index contributed by atoms with van der Waals surface area (Å²) >= 11 is 2.02. The molecule has 3 fully saturated rings. The first-order chi connectivity index (χ1) is 9.83. The van der Waals surface area contributed by atoms with Crippen molar-refractivity contribution in [3.8, 4) is 0 Å². The van der Waals surface area contributed by atoms with Crippen LogP contribution >= 0.6 is 11.8 Å². The lowest BCUT2D eigenvalue weighted by Crippen LogP contribution is -2.40. The zero-order valence-electron chi connectivity index (χ0n) is 11.8. The van der Waals surface area contributed by atoms with E-state index in [4.69, 9.17) is 4.74 Å². The van der Waals surface area contributed by atoms with Crippen molar-refractivity contribution in [1.82, 2.24) is 20.3 Å². The number of nitrogens with zero attached hydrogens (tertiary/aromatic N) is 3. The SMILES string of the molecule is c1c(CNC2CC2)nnn1C1CCOC2(CCSC2)C1. The van der Waals surface area contributed by atoms with Crippen LogP contribution in [-0.2, 0) is 11.3 Å². The first kappa shape index (κ1) is 13.1. The fourth-order valence-electron chi connectivity index (χ4n) is 3.20. The second-order valence-corrected chi connectivity index (χ2v) is 7.43. The van der Waals surface area contributed by atoms with E-state index in [1.54, 1.807) is 0 Å². The number of nitrogens with one attached hydrogen (secondary N) is 1. The van der Waals surface area contributed by atoms with Crippen molar-refractivity contribution < 1.29 is 4.74 Å². The lowest BCUT2D eigenvalue weighted by molar-refractivity contribution is -0.0780. The summed E-state index contributed by atoms with van der Waals surface area (Å²) in [6.45, 7) is 1.72. The second kappa shape index (κ2) is 5.31. The minimum atomic E-state index is 0.117. The Bertz CT molecular complexity index is 467. The molecular formula is C14H22N4OS. The van der Waals surface area contributed by atoms with Gasteiger partial charge < -0.3 is 10.1 Å². The van der Waals surface area contributed by atoms with E-state index in [-0.39, 0.29) is 5.60 Å². The van der Waals surface area contributed by atoms with Crippen molar-refractivity contribution >= 4 is 11.8 Å². The van der Waals surface area contributed by atoms with Gasteiger partial charge in [-0.05, 0) is 37.9 Å². The first-order valence-electron chi connectivity index (χ1n) is 7.69. The summed E-state index contributed by atoms with van der Waals surface area (Å²) in [5, 5.41) is 12.2. The van der Waals surface area contributed by atoms with Gasteiger partial charge in [-0.3, -0.25) is 0 Å². The van der Waals surface area contributed by atoms with Gasteiger partial charge in [0.25, 0.3) is 0 Å². The van der Waals surface area contributed by atoms with Crippen LogP contribution in [0.3, 0.4) is 0 Å². The van der Waals surface area contributed by atoms with Gasteiger partial charge in [0.05, 0.1) is 23.5 Å². The molecular weight excluding hydrogens is 272 g/mol. The van der Waals surface area contributed by atoms with Gasteiger partial charge in [-0.25, -0.2) is 4.68 Å². The minimum absolute atomic E-state index is 0.117. The Labute approximate surface area is 123 Å². The predicted octanol–water partition coefficient (Wildman–Crippen LogP) is 1.76. The number of thioether (sulfide) groups is 1. The standard InChI is InChI=1S/C14H22N4OS/c1-2-11(1)15-8-12-9-18(17-16-12)13-3-5-19-14(7-13)4-6-20-10-14/h9,11,13,15H,1-8,10H2. The van der Waals surface area contributed by atoms with Gasteiger partial charge in [-0.15, -0.1) is 5.10 Å². The van der Waals surface area contributed by atoms with E-state index in [0.717, 1.165) is 43.5 Å². The van der Waals surface area contributed by atoms with Crippen LogP contribution in [0.2, 0.25) is 0 Å². The van der Waals surface area contributed by atoms with E-state index in [2.05, 4.69) is 26.5 Å². The molecule has 1 aromatic heterocycles. The lowest BCUT2D eigenvalue weighted by Gasteiger charge is -2.37. The van der Waals surface area contributed by atoms with Crippen LogP contribution in [-0.4, -0.2) is 44.7 Å². The van der Waals surface area contributed by atoms with Crippen molar-refractivity contribution in [2.75, 3.05) is 18.1 Å². The van der Waals surface area contributed by atoms with Crippen LogP contribution < -0.4 is 5.32 Å². The van der Waals surface area contributed by atoms with E-state index >= 15 is 0 Å². The van der Waals surface area contributed by atoms with Gasteiger partial charge in [0.1, 0.15) is 0 Å². The highest BCUT2D eigenvalue weighted by Crippen LogP contribution is 2.41. The molecule has 20 heavy (non-hydrogen) atoms. The number of rotatable bonds is 4. The number of hydrogen-bond donors (Lipinski definition) is 1. The van der Waals surface area contributed by atoms with Crippen LogP contribution in [0.1, 0.15) is 43.8 Å². The third kappa shape index (κ3) is 2.73. The molecule has 1 spiro atoms. The van der Waals surface area contributed by atoms with Crippen LogP contribution in [0.15, 0.2) is 6.20 Å². The average molecular weight is 294 g/mol. The Morgan fingerprint density at radius 1 is 1.45 bits per heavy atom. The number of hydrogen-bond acceptors (Lipinski definition) is 5. The molecule has 0 bridgehead atoms. The van der Waals surface area contributed by atoms with E-state index in [0.29, 0.717) is 6.04 Å². The summed E-state index contributed by atoms with van der Waals surface area (Å²) in [5.74, 6) is 2.38. The molecule has 0 aromatic carbocycles. The third-order valence-corrected chi connectivity index (χ3v) is 5.84. The van der Waals surface area contributed by atoms with E-state index in [1.165, 1.54) is 25.0 Å². The molecule has 1 saturated carbocycles. The Morgan fingerprint density at radius 3 is 3.20 bits per heavy atom. The molecule has 110 valence electrons. The second-order valence-electron chi connectivity index (χ2n) is 6.33. The highest BCUT2D eigenvalue weighted by atomic mass is 32.2. The van der Waals surface area contributed by atoms with Gasteiger partial charge in [0.2, 0.25) is 0 Å². The highest BCUT2D eigenvalue weighted by Gasteiger charge is 2.41. The first-order valence-corrected chi connectivity index (χ1v) is 8.84. The van der Waals surface area contributed by atoms with E-state index in [9.17, 15) is 0 Å². The molecule has 2 aliphatic heterocycles. The fourth-order valence-corrected chi connectivity index (χ4v) is 4.58. The van der Waals surface area contributed by atoms with Gasteiger partial charge in [0, 0.05) is 24.9 Å². The fraction of sp³-hybridized carbons (Fsp3) is 0.857. The highest BCUT2D eigenvalue weighted by molar-refractivity contribution is 7.99. The molecule has 5 nitrogen and oxygen atoms in total. The summed E-state index contributed by atoms with van der Waals surface area (Å²) in [7, 11) is 0. The summed E-state index contributed by atoms with van der Waals surface area (Å²) in [6.07, 6.45) is 8.10. The lowest BCUT2D eigenvalue weighted by atomic mass is 9.90. The van der Waals surface area contributed by atoms with E-state index in [1.807, 2.05) is 11.8 Å². The maximum atomic E-state index is 6.08. The van der Waals surface area contributed by atoms with Crippen LogP contribution in [0.4, 0.5) is 0 Å². The third-order valence-electron chi connectivity index (χ3n) is 4.62. The molecule has 1 aromatic rings. The average Bonchev–Trinajstić information content (AvgIpc) is 3.00. The normalized spacial score (nSPS) is 33.9. The van der Waals surface area contributed by atoms with Crippen molar-refractivity contribution in [2.24, 2.45) is 0 Å². The van der Waals surface area contributed by atoms with Gasteiger partial charge in [-0.2, -0.15) is 11.8 Å². The van der Waals surface area contributed by atoms with E-state index < -0.39 is 0 Å². The summed E-state index contributed by atoms with van der Waals surface area (Å²) in [4.78, 5) is 0. The monoisotopic (exact) mass is 294 g/mol. The number of aromatic nitrogens is 3. The molecule has 6 heteroatoms. The maximum absolute atomic E-state index is 6.08. The molecule has 1 aliphatic carbocycles. The van der Waals surface area contributed by atoms with Crippen LogP contribution in [0.5, 0.6) is 0 Å². The van der Waals surface area contributed by atoms with Gasteiger partial charge >= 0.3 is 0 Å². The Kier molecular flexibility index (Phi) is 3.48. The topological polar surface area (TPSA) is 52.0 Å². The molecule has 0 amide bonds. The van der Waals surface area contributed by atoms with Crippen LogP contribution in [0.25, 0.3) is 0 Å². The summed E-state index contributed by atoms with van der Waals surface area (Å²) in [5.41, 5.74) is 1.18. The quantitative estimate of drug-likeness (QED) is 0.917. The minimum Gasteiger partial charge on any atom is -0.374 e. The maximum Gasteiger partial charge on any atom is 0.0965 e. The Hall–Kier alpha value is -0.590. The molecule has 0 radical (unpaired) electrons. The van der Waals surface area contributed by atoms with Crippen molar-refractivity contribution in [3.63, 3.8) is 0 Å². The summed E-state index contributed by atoms with van der Waals surface area (Å²) < 4.78 is 8.16. The van der Waals surface area contributed by atoms with Gasteiger partial charge in [-0.1, -0.05) is 5.21 Å². The van der Waals surface area contributed by atoms with Crippen molar-refractivity contribution in [2.45, 2.75) is 56.3 Å². The zero-order valence-corrected chi connectivity index (χ0v) is 12.6. The van der Waals surface area contributed by atoms with Crippen LogP contribution in [0, 0.1) is 0 Å². The smallest absolute Gasteiger partial charge is 0.0965 e. The molecule has 2 unspecified atom stereocenters. The predicted molar refractivity (Wildman–Crippen MR) is 78.8 cm³/mol. The largest absolute Gasteiger partial charge is 0.374 e. The molecule has 4 rings (SSSR count). The molecule has 3 aliphatic rings. The zero-order chi connectivity index (χ0) is 13.4. The van der Waals surface area contributed by atoms with Gasteiger partial charge in [0.15, 0.2) is 0 Å². The summed E-state index contributed by atoms with van der Waals surface area (Å²) in [6, 6.07) is 1.19. The van der Waals surface area contributed by atoms with Crippen molar-refractivity contribution in [1.29, 1.82) is 0 Å².